The van der Waals surface area contributed by atoms with Crippen LogP contribution in [-0.2, 0) is 14.8 Å². The van der Waals surface area contributed by atoms with Crippen molar-refractivity contribution in [3.63, 3.8) is 0 Å². The van der Waals surface area contributed by atoms with Crippen molar-refractivity contribution in [2.24, 2.45) is 0 Å². The molecular weight excluding hydrogens is 393 g/mol. The topological polar surface area (TPSA) is 78.5 Å². The zero-order valence-electron chi connectivity index (χ0n) is 14.4. The van der Waals surface area contributed by atoms with E-state index in [1.165, 1.54) is 28.6 Å². The van der Waals surface area contributed by atoms with Crippen LogP contribution in [0, 0.1) is 5.82 Å². The van der Waals surface area contributed by atoms with Crippen LogP contribution in [0.2, 0.25) is 5.02 Å². The maximum absolute atomic E-state index is 13.7. The molecule has 0 radical (unpaired) electrons. The fourth-order valence-corrected chi connectivity index (χ4v) is 4.53. The van der Waals surface area contributed by atoms with Crippen LogP contribution in [0.4, 0.5) is 15.8 Å². The predicted octanol–water partition coefficient (Wildman–Crippen LogP) is 3.31. The lowest BCUT2D eigenvalue weighted by Gasteiger charge is -2.16. The first-order valence-electron chi connectivity index (χ1n) is 8.45. The molecule has 2 aromatic rings. The molecule has 0 aliphatic carbocycles. The molecule has 0 bridgehead atoms. The van der Waals surface area contributed by atoms with Crippen molar-refractivity contribution in [1.29, 1.82) is 0 Å². The third-order valence-corrected chi connectivity index (χ3v) is 6.32. The van der Waals surface area contributed by atoms with Gasteiger partial charge in [0.05, 0.1) is 17.1 Å². The van der Waals surface area contributed by atoms with Crippen LogP contribution in [0.25, 0.3) is 0 Å². The average molecular weight is 412 g/mol. The van der Waals surface area contributed by atoms with Crippen LogP contribution < -0.4 is 10.6 Å². The van der Waals surface area contributed by atoms with Crippen LogP contribution in [0.15, 0.2) is 47.4 Å². The molecule has 27 heavy (non-hydrogen) atoms. The van der Waals surface area contributed by atoms with Crippen LogP contribution >= 0.6 is 11.6 Å². The van der Waals surface area contributed by atoms with Crippen molar-refractivity contribution < 1.29 is 17.6 Å². The van der Waals surface area contributed by atoms with Gasteiger partial charge in [-0.3, -0.25) is 4.79 Å². The highest BCUT2D eigenvalue weighted by Crippen LogP contribution is 2.23. The summed E-state index contributed by atoms with van der Waals surface area (Å²) >= 11 is 5.68. The van der Waals surface area contributed by atoms with Gasteiger partial charge in [0.15, 0.2) is 0 Å². The minimum atomic E-state index is -3.53. The minimum absolute atomic E-state index is 0.0246. The Bertz CT molecular complexity index is 947. The number of carbonyl (C=O) groups is 1. The molecule has 0 aromatic heterocycles. The summed E-state index contributed by atoms with van der Waals surface area (Å²) < 4.78 is 40.4. The summed E-state index contributed by atoms with van der Waals surface area (Å²) in [5.74, 6) is -1.10. The molecule has 1 saturated heterocycles. The van der Waals surface area contributed by atoms with Gasteiger partial charge in [0, 0.05) is 23.8 Å². The highest BCUT2D eigenvalue weighted by molar-refractivity contribution is 7.89. The minimum Gasteiger partial charge on any atom is -0.376 e. The van der Waals surface area contributed by atoms with Gasteiger partial charge in [-0.2, -0.15) is 4.31 Å². The first kappa shape index (κ1) is 19.6. The molecule has 0 spiro atoms. The number of hydrogen-bond donors (Lipinski definition) is 2. The SMILES string of the molecule is O=C(CNc1cccc(S(=O)(=O)N2CCCC2)c1)Nc1ccc(Cl)cc1F. The maximum atomic E-state index is 13.7. The van der Waals surface area contributed by atoms with E-state index in [1.807, 2.05) is 0 Å². The summed E-state index contributed by atoms with van der Waals surface area (Å²) in [6, 6.07) is 10.3. The maximum Gasteiger partial charge on any atom is 0.243 e. The van der Waals surface area contributed by atoms with Gasteiger partial charge in [0.2, 0.25) is 15.9 Å². The molecule has 1 aliphatic heterocycles. The number of halogens is 2. The van der Waals surface area contributed by atoms with Gasteiger partial charge in [-0.15, -0.1) is 0 Å². The summed E-state index contributed by atoms with van der Waals surface area (Å²) in [4.78, 5) is 12.2. The number of carbonyl (C=O) groups excluding carboxylic acids is 1. The molecule has 0 saturated carbocycles. The fourth-order valence-electron chi connectivity index (χ4n) is 2.81. The van der Waals surface area contributed by atoms with Crippen molar-refractivity contribution in [2.75, 3.05) is 30.3 Å². The van der Waals surface area contributed by atoms with Crippen molar-refractivity contribution in [2.45, 2.75) is 17.7 Å². The molecule has 9 heteroatoms. The van der Waals surface area contributed by atoms with Crippen molar-refractivity contribution in [3.05, 3.63) is 53.3 Å². The summed E-state index contributed by atoms with van der Waals surface area (Å²) in [6.07, 6.45) is 1.72. The van der Waals surface area contributed by atoms with Crippen LogP contribution in [0.5, 0.6) is 0 Å². The molecule has 2 N–H and O–H groups in total. The number of hydrogen-bond acceptors (Lipinski definition) is 4. The Morgan fingerprint density at radius 1 is 1.15 bits per heavy atom. The Labute approximate surface area is 162 Å². The van der Waals surface area contributed by atoms with Gasteiger partial charge in [0.1, 0.15) is 5.82 Å². The molecule has 1 aliphatic rings. The largest absolute Gasteiger partial charge is 0.376 e. The lowest BCUT2D eigenvalue weighted by atomic mass is 10.3. The monoisotopic (exact) mass is 411 g/mol. The number of sulfonamides is 1. The number of rotatable bonds is 6. The third kappa shape index (κ3) is 4.77. The number of benzene rings is 2. The van der Waals surface area contributed by atoms with Gasteiger partial charge in [-0.25, -0.2) is 12.8 Å². The van der Waals surface area contributed by atoms with Crippen LogP contribution in [0.1, 0.15) is 12.8 Å². The first-order chi connectivity index (χ1) is 12.9. The second-order valence-corrected chi connectivity index (χ2v) is 8.54. The predicted molar refractivity (Wildman–Crippen MR) is 103 cm³/mol. The Balaban J connectivity index is 1.63. The van der Waals surface area contributed by atoms with Crippen molar-refractivity contribution >= 4 is 38.9 Å². The quantitative estimate of drug-likeness (QED) is 0.764. The Kier molecular flexibility index (Phi) is 5.98. The Hall–Kier alpha value is -2.16. The van der Waals surface area contributed by atoms with Crippen LogP contribution in [-0.4, -0.2) is 38.3 Å². The second kappa shape index (κ2) is 8.24. The zero-order chi connectivity index (χ0) is 19.4. The third-order valence-electron chi connectivity index (χ3n) is 4.20. The molecule has 3 rings (SSSR count). The summed E-state index contributed by atoms with van der Waals surface area (Å²) in [7, 11) is -3.53. The van der Waals surface area contributed by atoms with E-state index < -0.39 is 21.7 Å². The number of nitrogens with one attached hydrogen (secondary N) is 2. The Morgan fingerprint density at radius 2 is 1.89 bits per heavy atom. The number of amides is 1. The molecule has 1 fully saturated rings. The molecule has 1 heterocycles. The highest BCUT2D eigenvalue weighted by atomic mass is 35.5. The summed E-state index contributed by atoms with van der Waals surface area (Å²) in [6.45, 7) is 0.902. The molecule has 0 unspecified atom stereocenters. The number of nitrogens with zero attached hydrogens (tertiary/aromatic N) is 1. The lowest BCUT2D eigenvalue weighted by molar-refractivity contribution is -0.114. The van der Waals surface area contributed by atoms with Gasteiger partial charge in [0.25, 0.3) is 0 Å². The van der Waals surface area contributed by atoms with Crippen LogP contribution in [0.3, 0.4) is 0 Å². The second-order valence-electron chi connectivity index (χ2n) is 6.16. The number of anilines is 2. The van der Waals surface area contributed by atoms with E-state index in [0.29, 0.717) is 18.8 Å². The zero-order valence-corrected chi connectivity index (χ0v) is 16.0. The molecule has 1 amide bonds. The van der Waals surface area contributed by atoms with E-state index in [1.54, 1.807) is 12.1 Å². The smallest absolute Gasteiger partial charge is 0.243 e. The van der Waals surface area contributed by atoms with E-state index in [-0.39, 0.29) is 22.2 Å². The lowest BCUT2D eigenvalue weighted by Crippen LogP contribution is -2.28. The average Bonchev–Trinajstić information content (AvgIpc) is 3.18. The van der Waals surface area contributed by atoms with Gasteiger partial charge >= 0.3 is 0 Å². The molecule has 2 aromatic carbocycles. The van der Waals surface area contributed by atoms with Gasteiger partial charge in [-0.1, -0.05) is 17.7 Å². The van der Waals surface area contributed by atoms with E-state index in [9.17, 15) is 17.6 Å². The molecular formula is C18H19ClFN3O3S. The summed E-state index contributed by atoms with van der Waals surface area (Å²) in [5, 5.41) is 5.53. The Morgan fingerprint density at radius 3 is 2.59 bits per heavy atom. The fraction of sp³-hybridized carbons (Fsp3) is 0.278. The van der Waals surface area contributed by atoms with E-state index in [2.05, 4.69) is 10.6 Å². The van der Waals surface area contributed by atoms with Gasteiger partial charge in [-0.05, 0) is 49.2 Å². The van der Waals surface area contributed by atoms with Gasteiger partial charge < -0.3 is 10.6 Å². The highest BCUT2D eigenvalue weighted by Gasteiger charge is 2.27. The summed E-state index contributed by atoms with van der Waals surface area (Å²) in [5.41, 5.74) is 0.513. The van der Waals surface area contributed by atoms with E-state index in [0.717, 1.165) is 18.9 Å². The first-order valence-corrected chi connectivity index (χ1v) is 10.3. The molecule has 0 atom stereocenters. The molecule has 6 nitrogen and oxygen atoms in total. The van der Waals surface area contributed by atoms with E-state index >= 15 is 0 Å². The standard InChI is InChI=1S/C18H19ClFN3O3S/c19-13-6-7-17(16(20)10-13)22-18(24)12-21-14-4-3-5-15(11-14)27(25,26)23-8-1-2-9-23/h3-7,10-11,21H,1-2,8-9,12H2,(H,22,24). The normalized spacial score (nSPS) is 14.9. The van der Waals surface area contributed by atoms with Crippen molar-refractivity contribution in [1.82, 2.24) is 4.31 Å². The van der Waals surface area contributed by atoms with Crippen molar-refractivity contribution in [3.8, 4) is 0 Å². The van der Waals surface area contributed by atoms with E-state index in [4.69, 9.17) is 11.6 Å². The molecule has 144 valence electrons.